The predicted molar refractivity (Wildman–Crippen MR) is 161 cm³/mol. The number of aliphatic hydroxyl groups is 1. The van der Waals surface area contributed by atoms with Gasteiger partial charge in [0, 0.05) is 47.5 Å². The van der Waals surface area contributed by atoms with Gasteiger partial charge in [0.1, 0.15) is 0 Å². The number of nitrogens with zero attached hydrogens (tertiary/aromatic N) is 3. The van der Waals surface area contributed by atoms with Crippen molar-refractivity contribution in [2.45, 2.75) is 25.5 Å². The van der Waals surface area contributed by atoms with Crippen LogP contribution in [0.25, 0.3) is 16.6 Å². The molecule has 0 radical (unpaired) electrons. The van der Waals surface area contributed by atoms with E-state index in [2.05, 4.69) is 20.6 Å². The number of fused-ring (bicyclic) bond motifs is 1. The number of benzene rings is 4. The van der Waals surface area contributed by atoms with Gasteiger partial charge in [0.15, 0.2) is 0 Å². The lowest BCUT2D eigenvalue weighted by atomic mass is 10.1. The lowest BCUT2D eigenvalue weighted by Crippen LogP contribution is -2.35. The van der Waals surface area contributed by atoms with Crippen molar-refractivity contribution >= 4 is 34.1 Å². The summed E-state index contributed by atoms with van der Waals surface area (Å²) in [6.45, 7) is 2.10. The Balaban J connectivity index is 1.10. The highest BCUT2D eigenvalue weighted by Crippen LogP contribution is 2.24. The molecule has 0 unspecified atom stereocenters. The summed E-state index contributed by atoms with van der Waals surface area (Å²) in [7, 11) is 0. The molecule has 2 amide bonds. The first kappa shape index (κ1) is 26.3. The number of carbonyl (C=O) groups excluding carboxylic acids is 2. The molecule has 1 aromatic heterocycles. The molecule has 3 N–H and O–H groups in total. The topological polar surface area (TPSA) is 99.5 Å². The number of amides is 2. The molecule has 41 heavy (non-hydrogen) atoms. The number of rotatable bonds is 7. The standard InChI is InChI=1S/C33H31N5O3/c39-30-16-18-37(19-17-30)28-11-6-25(7-12-28)33(41)36-27-10-15-31-26(20-27)22-35-38(31)29-13-8-24(9-14-29)32(40)34-21-23-4-2-1-3-5-23/h1-15,20,22,30,39H,16-19,21H2,(H,34,40)(H,36,41). The van der Waals surface area contributed by atoms with Gasteiger partial charge >= 0.3 is 0 Å². The zero-order valence-electron chi connectivity index (χ0n) is 22.5. The number of aromatic nitrogens is 2. The molecular weight excluding hydrogens is 514 g/mol. The summed E-state index contributed by atoms with van der Waals surface area (Å²) in [5.74, 6) is -0.314. The Morgan fingerprint density at radius 3 is 2.17 bits per heavy atom. The van der Waals surface area contributed by atoms with Gasteiger partial charge in [0.25, 0.3) is 11.8 Å². The van der Waals surface area contributed by atoms with E-state index in [1.165, 1.54) is 0 Å². The van der Waals surface area contributed by atoms with E-state index in [0.717, 1.165) is 53.8 Å². The molecule has 0 spiro atoms. The zero-order valence-corrected chi connectivity index (χ0v) is 22.5. The Bertz CT molecular complexity index is 1660. The highest BCUT2D eigenvalue weighted by atomic mass is 16.3. The fraction of sp³-hybridized carbons (Fsp3) is 0.182. The van der Waals surface area contributed by atoms with E-state index in [9.17, 15) is 14.7 Å². The molecule has 4 aromatic carbocycles. The summed E-state index contributed by atoms with van der Waals surface area (Å²) in [5.41, 5.74) is 5.66. The first-order chi connectivity index (χ1) is 20.0. The van der Waals surface area contributed by atoms with Crippen LogP contribution < -0.4 is 15.5 Å². The molecule has 2 heterocycles. The highest BCUT2D eigenvalue weighted by molar-refractivity contribution is 6.05. The van der Waals surface area contributed by atoms with Gasteiger partial charge in [-0.3, -0.25) is 9.59 Å². The number of anilines is 2. The third-order valence-electron chi connectivity index (χ3n) is 7.45. The molecule has 8 heteroatoms. The number of carbonyl (C=O) groups is 2. The van der Waals surface area contributed by atoms with Crippen molar-refractivity contribution < 1.29 is 14.7 Å². The fourth-order valence-corrected chi connectivity index (χ4v) is 5.10. The first-order valence-electron chi connectivity index (χ1n) is 13.8. The van der Waals surface area contributed by atoms with E-state index in [1.54, 1.807) is 18.3 Å². The van der Waals surface area contributed by atoms with Crippen molar-refractivity contribution in [1.29, 1.82) is 0 Å². The van der Waals surface area contributed by atoms with Gasteiger partial charge in [0.05, 0.1) is 23.5 Å². The van der Waals surface area contributed by atoms with Gasteiger partial charge in [-0.05, 0) is 85.1 Å². The Labute approximate surface area is 238 Å². The van der Waals surface area contributed by atoms with Crippen LogP contribution >= 0.6 is 0 Å². The van der Waals surface area contributed by atoms with Crippen LogP contribution in [-0.4, -0.2) is 45.9 Å². The number of hydrogen-bond donors (Lipinski definition) is 3. The van der Waals surface area contributed by atoms with E-state index < -0.39 is 0 Å². The second kappa shape index (κ2) is 11.7. The number of piperidine rings is 1. The molecular formula is C33H31N5O3. The summed E-state index contributed by atoms with van der Waals surface area (Å²) >= 11 is 0. The Morgan fingerprint density at radius 1 is 0.805 bits per heavy atom. The Morgan fingerprint density at radius 2 is 1.46 bits per heavy atom. The first-order valence-corrected chi connectivity index (χ1v) is 13.8. The maximum Gasteiger partial charge on any atom is 0.255 e. The second-order valence-electron chi connectivity index (χ2n) is 10.3. The van der Waals surface area contributed by atoms with E-state index in [1.807, 2.05) is 89.6 Å². The minimum absolute atomic E-state index is 0.132. The van der Waals surface area contributed by atoms with Gasteiger partial charge in [-0.1, -0.05) is 30.3 Å². The normalized spacial score (nSPS) is 13.7. The van der Waals surface area contributed by atoms with Gasteiger partial charge in [-0.25, -0.2) is 4.68 Å². The Kier molecular flexibility index (Phi) is 7.47. The molecule has 1 aliphatic heterocycles. The van der Waals surface area contributed by atoms with Crippen LogP contribution in [0.1, 0.15) is 39.1 Å². The van der Waals surface area contributed by atoms with E-state index in [-0.39, 0.29) is 17.9 Å². The van der Waals surface area contributed by atoms with Crippen molar-refractivity contribution in [3.8, 4) is 5.69 Å². The second-order valence-corrected chi connectivity index (χ2v) is 10.3. The predicted octanol–water partition coefficient (Wildman–Crippen LogP) is 5.17. The highest BCUT2D eigenvalue weighted by Gasteiger charge is 2.18. The SMILES string of the molecule is O=C(NCc1ccccc1)c1ccc(-n2ncc3cc(NC(=O)c4ccc(N5CCC(O)CC5)cc4)ccc32)cc1. The van der Waals surface area contributed by atoms with Crippen molar-refractivity contribution in [3.63, 3.8) is 0 Å². The average molecular weight is 546 g/mol. The molecule has 0 atom stereocenters. The quantitative estimate of drug-likeness (QED) is 0.262. The maximum atomic E-state index is 12.9. The number of aliphatic hydroxyl groups excluding tert-OH is 1. The van der Waals surface area contributed by atoms with Crippen LogP contribution in [0.4, 0.5) is 11.4 Å². The summed E-state index contributed by atoms with van der Waals surface area (Å²) in [6, 6.07) is 30.4. The molecule has 0 aliphatic carbocycles. The van der Waals surface area contributed by atoms with Gasteiger partial charge < -0.3 is 20.6 Å². The van der Waals surface area contributed by atoms with Crippen molar-refractivity contribution in [1.82, 2.24) is 15.1 Å². The molecule has 5 aromatic rings. The third kappa shape index (κ3) is 5.97. The molecule has 0 bridgehead atoms. The van der Waals surface area contributed by atoms with Crippen LogP contribution in [0.5, 0.6) is 0 Å². The molecule has 1 aliphatic rings. The molecule has 8 nitrogen and oxygen atoms in total. The minimum atomic E-state index is -0.218. The smallest absolute Gasteiger partial charge is 0.255 e. The number of nitrogens with one attached hydrogen (secondary N) is 2. The summed E-state index contributed by atoms with van der Waals surface area (Å²) < 4.78 is 1.81. The maximum absolute atomic E-state index is 12.9. The largest absolute Gasteiger partial charge is 0.393 e. The average Bonchev–Trinajstić information content (AvgIpc) is 3.44. The molecule has 206 valence electrons. The van der Waals surface area contributed by atoms with E-state index in [4.69, 9.17) is 0 Å². The summed E-state index contributed by atoms with van der Waals surface area (Å²) in [6.07, 6.45) is 3.07. The van der Waals surface area contributed by atoms with Crippen molar-refractivity contribution in [2.24, 2.45) is 0 Å². The van der Waals surface area contributed by atoms with Crippen LogP contribution in [-0.2, 0) is 6.54 Å². The van der Waals surface area contributed by atoms with Crippen molar-refractivity contribution in [3.05, 3.63) is 120 Å². The van der Waals surface area contributed by atoms with Gasteiger partial charge in [0.2, 0.25) is 0 Å². The van der Waals surface area contributed by atoms with Crippen LogP contribution in [0.2, 0.25) is 0 Å². The minimum Gasteiger partial charge on any atom is -0.393 e. The zero-order chi connectivity index (χ0) is 28.2. The summed E-state index contributed by atoms with van der Waals surface area (Å²) in [5, 5.41) is 21.1. The van der Waals surface area contributed by atoms with Gasteiger partial charge in [-0.2, -0.15) is 5.10 Å². The Hall–Kier alpha value is -4.95. The summed E-state index contributed by atoms with van der Waals surface area (Å²) in [4.78, 5) is 27.7. The van der Waals surface area contributed by atoms with Crippen LogP contribution in [0.15, 0.2) is 103 Å². The van der Waals surface area contributed by atoms with Crippen LogP contribution in [0, 0.1) is 0 Å². The molecule has 6 rings (SSSR count). The van der Waals surface area contributed by atoms with Gasteiger partial charge in [-0.15, -0.1) is 0 Å². The van der Waals surface area contributed by atoms with Crippen molar-refractivity contribution in [2.75, 3.05) is 23.3 Å². The fourth-order valence-electron chi connectivity index (χ4n) is 5.10. The third-order valence-corrected chi connectivity index (χ3v) is 7.45. The molecule has 1 fully saturated rings. The van der Waals surface area contributed by atoms with E-state index in [0.29, 0.717) is 23.4 Å². The lowest BCUT2D eigenvalue weighted by molar-refractivity contribution is 0.0950. The molecule has 1 saturated heterocycles. The van der Waals surface area contributed by atoms with Crippen LogP contribution in [0.3, 0.4) is 0 Å². The monoisotopic (exact) mass is 545 g/mol. The molecule has 0 saturated carbocycles. The number of hydrogen-bond acceptors (Lipinski definition) is 5. The lowest BCUT2D eigenvalue weighted by Gasteiger charge is -2.31. The van der Waals surface area contributed by atoms with E-state index >= 15 is 0 Å².